The average molecular weight is 233 g/mol. The van der Waals surface area contributed by atoms with E-state index in [9.17, 15) is 5.11 Å². The van der Waals surface area contributed by atoms with E-state index in [4.69, 9.17) is 0 Å². The van der Waals surface area contributed by atoms with E-state index in [1.54, 1.807) is 6.07 Å². The highest BCUT2D eigenvalue weighted by Crippen LogP contribution is 2.41. The Morgan fingerprint density at radius 1 is 1.35 bits per heavy atom. The molecular weight excluding hydrogens is 210 g/mol. The molecule has 0 aliphatic carbocycles. The highest BCUT2D eigenvalue weighted by molar-refractivity contribution is 5.33. The van der Waals surface area contributed by atoms with Crippen LogP contribution in [0.4, 0.5) is 0 Å². The second kappa shape index (κ2) is 4.34. The molecule has 0 bridgehead atoms. The molecule has 1 fully saturated rings. The molecule has 0 radical (unpaired) electrons. The fourth-order valence-electron chi connectivity index (χ4n) is 3.01. The molecule has 1 atom stereocenters. The standard InChI is InChI=1S/C15H23NO/c1-14(2,3)11-15(8-5-9-16-15)12-6-4-7-13(17)10-12/h4,6-7,10,16-17H,5,8-9,11H2,1-3H3. The van der Waals surface area contributed by atoms with Crippen LogP contribution in [0.5, 0.6) is 5.75 Å². The van der Waals surface area contributed by atoms with Crippen molar-refractivity contribution >= 4 is 0 Å². The molecule has 94 valence electrons. The molecule has 17 heavy (non-hydrogen) atoms. The summed E-state index contributed by atoms with van der Waals surface area (Å²) in [5, 5.41) is 13.3. The summed E-state index contributed by atoms with van der Waals surface area (Å²) in [5.41, 5.74) is 1.56. The number of nitrogens with one attached hydrogen (secondary N) is 1. The van der Waals surface area contributed by atoms with Crippen molar-refractivity contribution in [3.8, 4) is 5.75 Å². The van der Waals surface area contributed by atoms with Gasteiger partial charge in [-0.15, -0.1) is 0 Å². The van der Waals surface area contributed by atoms with E-state index in [2.05, 4.69) is 32.2 Å². The summed E-state index contributed by atoms with van der Waals surface area (Å²) >= 11 is 0. The van der Waals surface area contributed by atoms with E-state index in [0.717, 1.165) is 19.4 Å². The summed E-state index contributed by atoms with van der Waals surface area (Å²) in [7, 11) is 0. The van der Waals surface area contributed by atoms with E-state index >= 15 is 0 Å². The Morgan fingerprint density at radius 3 is 2.65 bits per heavy atom. The van der Waals surface area contributed by atoms with Gasteiger partial charge in [0.05, 0.1) is 0 Å². The van der Waals surface area contributed by atoms with Crippen molar-refractivity contribution in [1.29, 1.82) is 0 Å². The number of phenolic OH excluding ortho intramolecular Hbond substituents is 1. The third-order valence-electron chi connectivity index (χ3n) is 3.47. The monoisotopic (exact) mass is 233 g/mol. The van der Waals surface area contributed by atoms with Gasteiger partial charge >= 0.3 is 0 Å². The smallest absolute Gasteiger partial charge is 0.115 e. The fourth-order valence-corrected chi connectivity index (χ4v) is 3.01. The van der Waals surface area contributed by atoms with Crippen LogP contribution in [0.25, 0.3) is 0 Å². The highest BCUT2D eigenvalue weighted by Gasteiger charge is 2.38. The van der Waals surface area contributed by atoms with Gasteiger partial charge in [0, 0.05) is 5.54 Å². The zero-order valence-corrected chi connectivity index (χ0v) is 11.1. The Hall–Kier alpha value is -1.02. The molecule has 1 heterocycles. The molecule has 1 aromatic rings. The number of hydrogen-bond donors (Lipinski definition) is 2. The summed E-state index contributed by atoms with van der Waals surface area (Å²) in [4.78, 5) is 0. The van der Waals surface area contributed by atoms with Gasteiger partial charge < -0.3 is 10.4 Å². The SMILES string of the molecule is CC(C)(C)CC1(c2cccc(O)c2)CCCN1. The van der Waals surface area contributed by atoms with Crippen molar-refractivity contribution in [2.45, 2.75) is 45.6 Å². The van der Waals surface area contributed by atoms with E-state index < -0.39 is 0 Å². The normalized spacial score (nSPS) is 25.1. The fraction of sp³-hybridized carbons (Fsp3) is 0.600. The zero-order chi connectivity index (χ0) is 12.5. The maximum atomic E-state index is 9.66. The lowest BCUT2D eigenvalue weighted by molar-refractivity contribution is 0.232. The topological polar surface area (TPSA) is 32.3 Å². The van der Waals surface area contributed by atoms with Crippen LogP contribution in [-0.4, -0.2) is 11.7 Å². The van der Waals surface area contributed by atoms with E-state index in [1.807, 2.05) is 12.1 Å². The molecular formula is C15H23NO. The maximum Gasteiger partial charge on any atom is 0.115 e. The Labute approximate surface area is 104 Å². The third kappa shape index (κ3) is 2.81. The minimum Gasteiger partial charge on any atom is -0.508 e. The Morgan fingerprint density at radius 2 is 2.12 bits per heavy atom. The molecule has 0 aromatic heterocycles. The average Bonchev–Trinajstić information content (AvgIpc) is 2.65. The van der Waals surface area contributed by atoms with Crippen LogP contribution in [-0.2, 0) is 5.54 Å². The molecule has 2 rings (SSSR count). The Kier molecular flexibility index (Phi) is 3.17. The van der Waals surface area contributed by atoms with Crippen molar-refractivity contribution < 1.29 is 5.11 Å². The van der Waals surface area contributed by atoms with E-state index in [1.165, 1.54) is 12.0 Å². The number of rotatable bonds is 2. The molecule has 2 heteroatoms. The van der Waals surface area contributed by atoms with Gasteiger partial charge in [0.25, 0.3) is 0 Å². The van der Waals surface area contributed by atoms with Crippen molar-refractivity contribution in [1.82, 2.24) is 5.32 Å². The van der Waals surface area contributed by atoms with Gasteiger partial charge in [0.15, 0.2) is 0 Å². The van der Waals surface area contributed by atoms with Crippen molar-refractivity contribution in [3.05, 3.63) is 29.8 Å². The van der Waals surface area contributed by atoms with Crippen LogP contribution in [0.15, 0.2) is 24.3 Å². The largest absolute Gasteiger partial charge is 0.508 e. The molecule has 1 saturated heterocycles. The van der Waals surface area contributed by atoms with E-state index in [-0.39, 0.29) is 11.0 Å². The van der Waals surface area contributed by atoms with Gasteiger partial charge in [0.1, 0.15) is 5.75 Å². The first-order valence-corrected chi connectivity index (χ1v) is 6.46. The van der Waals surface area contributed by atoms with Gasteiger partial charge in [-0.25, -0.2) is 0 Å². The second-order valence-electron chi connectivity index (χ2n) is 6.40. The van der Waals surface area contributed by atoms with Gasteiger partial charge in [0.2, 0.25) is 0 Å². The minimum absolute atomic E-state index is 0.0526. The summed E-state index contributed by atoms with van der Waals surface area (Å²) in [6.45, 7) is 7.90. The lowest BCUT2D eigenvalue weighted by Crippen LogP contribution is -2.40. The molecule has 0 saturated carbocycles. The van der Waals surface area contributed by atoms with Gasteiger partial charge in [-0.1, -0.05) is 32.9 Å². The van der Waals surface area contributed by atoms with Crippen LogP contribution in [0.3, 0.4) is 0 Å². The van der Waals surface area contributed by atoms with Crippen LogP contribution in [0.1, 0.15) is 45.6 Å². The maximum absolute atomic E-state index is 9.66. The molecule has 1 aliphatic heterocycles. The second-order valence-corrected chi connectivity index (χ2v) is 6.40. The Bertz CT molecular complexity index is 386. The predicted octanol–water partition coefficient (Wildman–Crippen LogP) is 3.41. The third-order valence-corrected chi connectivity index (χ3v) is 3.47. The van der Waals surface area contributed by atoms with Gasteiger partial charge in [-0.3, -0.25) is 0 Å². The first-order chi connectivity index (χ1) is 7.91. The molecule has 1 aliphatic rings. The molecule has 1 unspecified atom stereocenters. The number of benzene rings is 1. The quantitative estimate of drug-likeness (QED) is 0.820. The first kappa shape index (κ1) is 12.4. The van der Waals surface area contributed by atoms with Gasteiger partial charge in [-0.05, 0) is 48.9 Å². The van der Waals surface area contributed by atoms with Crippen LogP contribution < -0.4 is 5.32 Å². The van der Waals surface area contributed by atoms with Crippen molar-refractivity contribution in [2.75, 3.05) is 6.54 Å². The lowest BCUT2D eigenvalue weighted by Gasteiger charge is -2.36. The number of aromatic hydroxyl groups is 1. The number of phenols is 1. The molecule has 2 N–H and O–H groups in total. The molecule has 0 spiro atoms. The van der Waals surface area contributed by atoms with Crippen LogP contribution in [0.2, 0.25) is 0 Å². The first-order valence-electron chi connectivity index (χ1n) is 6.46. The van der Waals surface area contributed by atoms with Crippen LogP contribution >= 0.6 is 0 Å². The zero-order valence-electron chi connectivity index (χ0n) is 11.1. The van der Waals surface area contributed by atoms with Crippen molar-refractivity contribution in [3.63, 3.8) is 0 Å². The molecule has 0 amide bonds. The molecule has 1 aromatic carbocycles. The summed E-state index contributed by atoms with van der Waals surface area (Å²) in [6, 6.07) is 7.71. The number of hydrogen-bond acceptors (Lipinski definition) is 2. The lowest BCUT2D eigenvalue weighted by atomic mass is 9.75. The van der Waals surface area contributed by atoms with Gasteiger partial charge in [-0.2, -0.15) is 0 Å². The molecule has 2 nitrogen and oxygen atoms in total. The summed E-state index contributed by atoms with van der Waals surface area (Å²) < 4.78 is 0. The van der Waals surface area contributed by atoms with E-state index in [0.29, 0.717) is 5.75 Å². The Balaban J connectivity index is 2.34. The highest BCUT2D eigenvalue weighted by atomic mass is 16.3. The minimum atomic E-state index is 0.0526. The summed E-state index contributed by atoms with van der Waals surface area (Å²) in [6.07, 6.45) is 3.48. The summed E-state index contributed by atoms with van der Waals surface area (Å²) in [5.74, 6) is 0.365. The van der Waals surface area contributed by atoms with Crippen LogP contribution in [0, 0.1) is 5.41 Å². The van der Waals surface area contributed by atoms with Crippen molar-refractivity contribution in [2.24, 2.45) is 5.41 Å². The predicted molar refractivity (Wildman–Crippen MR) is 71.1 cm³/mol.